The second-order valence-corrected chi connectivity index (χ2v) is 8.42. The van der Waals surface area contributed by atoms with Gasteiger partial charge in [-0.1, -0.05) is 19.3 Å². The topological polar surface area (TPSA) is 60.9 Å². The van der Waals surface area contributed by atoms with Crippen molar-refractivity contribution < 1.29 is 13.2 Å². The molecule has 0 spiro atoms. The second kappa shape index (κ2) is 8.26. The summed E-state index contributed by atoms with van der Waals surface area (Å²) < 4.78 is 24.8. The molecule has 1 amide bonds. The third-order valence-electron chi connectivity index (χ3n) is 4.58. The minimum atomic E-state index is -3.12. The van der Waals surface area contributed by atoms with Crippen LogP contribution in [-0.2, 0) is 14.8 Å². The van der Waals surface area contributed by atoms with E-state index in [2.05, 4.69) is 4.90 Å². The van der Waals surface area contributed by atoms with E-state index in [1.165, 1.54) is 29.8 Å². The van der Waals surface area contributed by atoms with E-state index in [0.717, 1.165) is 38.9 Å². The van der Waals surface area contributed by atoms with E-state index >= 15 is 0 Å². The van der Waals surface area contributed by atoms with Crippen LogP contribution in [0.25, 0.3) is 0 Å². The number of rotatable bonds is 3. The van der Waals surface area contributed by atoms with Crippen LogP contribution in [0.4, 0.5) is 0 Å². The Morgan fingerprint density at radius 2 is 1.45 bits per heavy atom. The van der Waals surface area contributed by atoms with Gasteiger partial charge in [0.1, 0.15) is 0 Å². The zero-order valence-electron chi connectivity index (χ0n) is 13.7. The predicted octanol–water partition coefficient (Wildman–Crippen LogP) is 0.746. The molecule has 0 N–H and O–H groups in total. The molecule has 0 radical (unpaired) electrons. The molecule has 7 heteroatoms. The summed E-state index contributed by atoms with van der Waals surface area (Å²) in [6.45, 7) is 4.68. The highest BCUT2D eigenvalue weighted by Gasteiger charge is 2.24. The number of carbonyl (C=O) groups excluding carboxylic acids is 1. The molecule has 128 valence electrons. The summed E-state index contributed by atoms with van der Waals surface area (Å²) >= 11 is 0. The van der Waals surface area contributed by atoms with E-state index in [1.54, 1.807) is 0 Å². The highest BCUT2D eigenvalue weighted by molar-refractivity contribution is 7.88. The average Bonchev–Trinajstić information content (AvgIpc) is 2.63. The minimum Gasteiger partial charge on any atom is -0.342 e. The molecule has 0 saturated carbocycles. The maximum atomic E-state index is 12.5. The van der Waals surface area contributed by atoms with Crippen molar-refractivity contribution in [2.24, 2.45) is 0 Å². The number of likely N-dealkylation sites (tertiary alicyclic amines) is 1. The second-order valence-electron chi connectivity index (χ2n) is 6.44. The van der Waals surface area contributed by atoms with Crippen molar-refractivity contribution in [1.82, 2.24) is 14.1 Å². The van der Waals surface area contributed by atoms with E-state index in [1.807, 2.05) is 4.90 Å². The Bertz CT molecular complexity index is 459. The van der Waals surface area contributed by atoms with Crippen LogP contribution in [0.15, 0.2) is 0 Å². The van der Waals surface area contributed by atoms with Crippen LogP contribution in [0.1, 0.15) is 38.5 Å². The van der Waals surface area contributed by atoms with E-state index in [9.17, 15) is 13.2 Å². The van der Waals surface area contributed by atoms with E-state index < -0.39 is 10.0 Å². The Hall–Kier alpha value is -0.660. The fraction of sp³-hybridized carbons (Fsp3) is 0.933. The predicted molar refractivity (Wildman–Crippen MR) is 87.1 cm³/mol. The van der Waals surface area contributed by atoms with Crippen molar-refractivity contribution in [3.05, 3.63) is 0 Å². The molecule has 0 aliphatic carbocycles. The Labute approximate surface area is 134 Å². The molecule has 2 saturated heterocycles. The number of amides is 1. The fourth-order valence-electron chi connectivity index (χ4n) is 3.23. The molecule has 2 rings (SSSR count). The first-order chi connectivity index (χ1) is 10.5. The summed E-state index contributed by atoms with van der Waals surface area (Å²) in [5.41, 5.74) is 0. The van der Waals surface area contributed by atoms with Crippen LogP contribution >= 0.6 is 0 Å². The quantitative estimate of drug-likeness (QED) is 0.765. The first-order valence-corrected chi connectivity index (χ1v) is 10.3. The first-order valence-electron chi connectivity index (χ1n) is 8.42. The highest BCUT2D eigenvalue weighted by Crippen LogP contribution is 2.12. The van der Waals surface area contributed by atoms with Crippen LogP contribution in [0.2, 0.25) is 0 Å². The van der Waals surface area contributed by atoms with E-state index in [0.29, 0.717) is 26.2 Å². The summed E-state index contributed by atoms with van der Waals surface area (Å²) in [6.07, 6.45) is 7.98. The molecule has 2 fully saturated rings. The Kier molecular flexibility index (Phi) is 6.65. The highest BCUT2D eigenvalue weighted by atomic mass is 32.2. The summed E-state index contributed by atoms with van der Waals surface area (Å²) in [5.74, 6) is 0.203. The van der Waals surface area contributed by atoms with Crippen molar-refractivity contribution in [2.75, 3.05) is 52.1 Å². The molecule has 2 aliphatic rings. The van der Waals surface area contributed by atoms with Gasteiger partial charge >= 0.3 is 0 Å². The molecule has 0 unspecified atom stereocenters. The van der Waals surface area contributed by atoms with Gasteiger partial charge in [-0.3, -0.25) is 9.69 Å². The molecule has 0 aromatic rings. The molecular weight excluding hydrogens is 302 g/mol. The van der Waals surface area contributed by atoms with Crippen LogP contribution in [0.5, 0.6) is 0 Å². The lowest BCUT2D eigenvalue weighted by Gasteiger charge is -2.28. The summed E-state index contributed by atoms with van der Waals surface area (Å²) in [7, 11) is -3.12. The van der Waals surface area contributed by atoms with Crippen molar-refractivity contribution in [3.63, 3.8) is 0 Å². The largest absolute Gasteiger partial charge is 0.342 e. The minimum absolute atomic E-state index is 0.203. The summed E-state index contributed by atoms with van der Waals surface area (Å²) in [5, 5.41) is 0. The molecule has 0 atom stereocenters. The van der Waals surface area contributed by atoms with Gasteiger partial charge in [-0.15, -0.1) is 0 Å². The molecule has 2 heterocycles. The fourth-order valence-corrected chi connectivity index (χ4v) is 4.10. The van der Waals surface area contributed by atoms with Crippen LogP contribution in [0, 0.1) is 0 Å². The molecule has 0 aromatic heterocycles. The van der Waals surface area contributed by atoms with Gasteiger partial charge in [-0.05, 0) is 25.8 Å². The molecule has 2 aliphatic heterocycles. The lowest BCUT2D eigenvalue weighted by molar-refractivity contribution is -0.132. The third kappa shape index (κ3) is 5.52. The lowest BCUT2D eigenvalue weighted by Crippen LogP contribution is -2.43. The molecule has 0 aromatic carbocycles. The van der Waals surface area contributed by atoms with Crippen molar-refractivity contribution in [3.8, 4) is 0 Å². The average molecular weight is 331 g/mol. The van der Waals surface area contributed by atoms with Gasteiger partial charge in [0.2, 0.25) is 15.9 Å². The van der Waals surface area contributed by atoms with Crippen molar-refractivity contribution in [2.45, 2.75) is 38.5 Å². The molecular formula is C15H29N3O3S. The van der Waals surface area contributed by atoms with Crippen LogP contribution < -0.4 is 0 Å². The summed E-state index contributed by atoms with van der Waals surface area (Å²) in [4.78, 5) is 16.6. The number of carbonyl (C=O) groups is 1. The van der Waals surface area contributed by atoms with Gasteiger partial charge in [0, 0.05) is 32.7 Å². The van der Waals surface area contributed by atoms with Crippen molar-refractivity contribution >= 4 is 15.9 Å². The van der Waals surface area contributed by atoms with Gasteiger partial charge in [0.25, 0.3) is 0 Å². The molecule has 6 nitrogen and oxygen atoms in total. The molecule has 0 bridgehead atoms. The normalized spacial score (nSPS) is 23.6. The zero-order valence-corrected chi connectivity index (χ0v) is 14.5. The zero-order chi connectivity index (χ0) is 16.0. The third-order valence-corrected chi connectivity index (χ3v) is 5.89. The number of nitrogens with zero attached hydrogens (tertiary/aromatic N) is 3. The van der Waals surface area contributed by atoms with Crippen LogP contribution in [0.3, 0.4) is 0 Å². The maximum absolute atomic E-state index is 12.5. The Balaban J connectivity index is 1.83. The van der Waals surface area contributed by atoms with Gasteiger partial charge in [0.15, 0.2) is 0 Å². The number of hydrogen-bond donors (Lipinski definition) is 0. The standard InChI is InChI=1S/C15H29N3O3S/c1-22(20,21)18-11-7-8-16(12-13-18)14-15(19)17-9-5-3-2-4-6-10-17/h2-14H2,1H3. The van der Waals surface area contributed by atoms with Gasteiger partial charge in [0.05, 0.1) is 12.8 Å². The smallest absolute Gasteiger partial charge is 0.236 e. The number of hydrogen-bond acceptors (Lipinski definition) is 4. The van der Waals surface area contributed by atoms with Crippen LogP contribution in [-0.4, -0.2) is 80.5 Å². The van der Waals surface area contributed by atoms with Gasteiger partial charge in [-0.25, -0.2) is 12.7 Å². The lowest BCUT2D eigenvalue weighted by atomic mass is 10.1. The maximum Gasteiger partial charge on any atom is 0.236 e. The summed E-state index contributed by atoms with van der Waals surface area (Å²) in [6, 6.07) is 0. The Morgan fingerprint density at radius 1 is 0.818 bits per heavy atom. The van der Waals surface area contributed by atoms with Gasteiger partial charge in [-0.2, -0.15) is 0 Å². The Morgan fingerprint density at radius 3 is 2.09 bits per heavy atom. The van der Waals surface area contributed by atoms with E-state index in [4.69, 9.17) is 0 Å². The first kappa shape index (κ1) is 17.7. The number of sulfonamides is 1. The van der Waals surface area contributed by atoms with Gasteiger partial charge < -0.3 is 4.90 Å². The molecule has 22 heavy (non-hydrogen) atoms. The van der Waals surface area contributed by atoms with E-state index in [-0.39, 0.29) is 5.91 Å². The SMILES string of the molecule is CS(=O)(=O)N1CCCN(CC(=O)N2CCCCCCC2)CC1. The van der Waals surface area contributed by atoms with Crippen molar-refractivity contribution in [1.29, 1.82) is 0 Å². The monoisotopic (exact) mass is 331 g/mol.